The van der Waals surface area contributed by atoms with Crippen LogP contribution in [-0.4, -0.2) is 57.9 Å². The number of fused-ring (bicyclic) bond motifs is 4. The molecule has 2 aliphatic carbocycles. The molecule has 2 N–H and O–H groups in total. The normalized spacial score (nSPS) is 25.0. The van der Waals surface area contributed by atoms with Gasteiger partial charge in [-0.15, -0.1) is 0 Å². The van der Waals surface area contributed by atoms with Crippen molar-refractivity contribution in [2.45, 2.75) is 30.4 Å². The van der Waals surface area contributed by atoms with E-state index in [1.54, 1.807) is 18.2 Å². The Morgan fingerprint density at radius 2 is 1.63 bits per heavy atom. The Bertz CT molecular complexity index is 2490. The van der Waals surface area contributed by atoms with Gasteiger partial charge >= 0.3 is 6.18 Å². The van der Waals surface area contributed by atoms with Crippen LogP contribution in [0.5, 0.6) is 17.2 Å². The number of amides is 4. The molecular formula is C40H30Cl2F3N5O9. The number of anilines is 2. The van der Waals surface area contributed by atoms with Crippen LogP contribution in [0.15, 0.2) is 84.6 Å². The van der Waals surface area contributed by atoms with Crippen molar-refractivity contribution in [2.24, 2.45) is 23.7 Å². The first-order valence-electron chi connectivity index (χ1n) is 17.9. The van der Waals surface area contributed by atoms with Crippen molar-refractivity contribution in [3.05, 3.63) is 121 Å². The van der Waals surface area contributed by atoms with E-state index in [1.165, 1.54) is 56.7 Å². The van der Waals surface area contributed by atoms with E-state index in [9.17, 15) is 42.8 Å². The van der Waals surface area contributed by atoms with Gasteiger partial charge < -0.3 is 14.6 Å². The molecule has 19 heteroatoms. The minimum absolute atomic E-state index is 0.00585. The van der Waals surface area contributed by atoms with Gasteiger partial charge in [-0.1, -0.05) is 53.1 Å². The summed E-state index contributed by atoms with van der Waals surface area (Å²) in [6, 6.07) is 14.8. The number of allylic oxidation sites excluding steroid dienone is 2. The Morgan fingerprint density at radius 3 is 2.24 bits per heavy atom. The average molecular weight is 853 g/mol. The van der Waals surface area contributed by atoms with Gasteiger partial charge in [0.25, 0.3) is 17.5 Å². The van der Waals surface area contributed by atoms with Crippen molar-refractivity contribution in [3.63, 3.8) is 0 Å². The van der Waals surface area contributed by atoms with Gasteiger partial charge in [0, 0.05) is 29.3 Å². The van der Waals surface area contributed by atoms with Crippen LogP contribution in [0.25, 0.3) is 0 Å². The van der Waals surface area contributed by atoms with Gasteiger partial charge in [-0.2, -0.15) is 18.2 Å². The van der Waals surface area contributed by atoms with Crippen molar-refractivity contribution in [1.29, 1.82) is 0 Å². The highest BCUT2D eigenvalue weighted by atomic mass is 35.5. The summed E-state index contributed by atoms with van der Waals surface area (Å²) in [7, 11) is 2.60. The zero-order valence-corrected chi connectivity index (χ0v) is 32.2. The van der Waals surface area contributed by atoms with Crippen molar-refractivity contribution < 1.29 is 51.9 Å². The summed E-state index contributed by atoms with van der Waals surface area (Å²) >= 11 is 12.6. The quantitative estimate of drug-likeness (QED) is 0.0790. The molecule has 2 saturated heterocycles. The number of carbonyl (C=O) groups excluding carboxylic acids is 4. The Kier molecular flexibility index (Phi) is 9.58. The number of aromatic hydroxyl groups is 1. The molecule has 0 spiro atoms. The smallest absolute Gasteiger partial charge is 0.417 e. The summed E-state index contributed by atoms with van der Waals surface area (Å²) in [4.78, 5) is 74.8. The third kappa shape index (κ3) is 6.04. The zero-order chi connectivity index (χ0) is 42.3. The lowest BCUT2D eigenvalue weighted by atomic mass is 9.49. The van der Waals surface area contributed by atoms with Crippen molar-refractivity contribution in [1.82, 2.24) is 9.99 Å². The largest absolute Gasteiger partial charge is 0.502 e. The third-order valence-corrected chi connectivity index (χ3v) is 12.2. The number of aromatic nitrogens is 1. The van der Waals surface area contributed by atoms with E-state index in [2.05, 4.69) is 10.4 Å². The average Bonchev–Trinajstić information content (AvgIpc) is 3.59. The lowest BCUT2D eigenvalue weighted by molar-refractivity contribution is -0.384. The Labute approximate surface area is 342 Å². The second-order valence-corrected chi connectivity index (χ2v) is 15.3. The maximum Gasteiger partial charge on any atom is 0.417 e. The molecule has 2 aliphatic heterocycles. The number of imide groups is 2. The third-order valence-electron chi connectivity index (χ3n) is 11.7. The molecule has 59 heavy (non-hydrogen) atoms. The molecule has 4 amide bonds. The number of hydrogen-bond donors (Lipinski definition) is 2. The van der Waals surface area contributed by atoms with Gasteiger partial charge in [0.2, 0.25) is 17.6 Å². The summed E-state index contributed by atoms with van der Waals surface area (Å²) < 4.78 is 51.6. The monoisotopic (exact) mass is 851 g/mol. The van der Waals surface area contributed by atoms with E-state index in [0.717, 1.165) is 11.0 Å². The summed E-state index contributed by atoms with van der Waals surface area (Å²) in [6.07, 6.45) is -2.73. The number of ether oxygens (including phenoxy) is 2. The van der Waals surface area contributed by atoms with Gasteiger partial charge in [-0.25, -0.2) is 9.88 Å². The van der Waals surface area contributed by atoms with Crippen LogP contribution in [-0.2, 0) is 30.8 Å². The highest BCUT2D eigenvalue weighted by Crippen LogP contribution is 2.65. The van der Waals surface area contributed by atoms with E-state index in [4.69, 9.17) is 32.7 Å². The maximum atomic E-state index is 15.4. The molecule has 3 heterocycles. The molecule has 0 radical (unpaired) electrons. The molecule has 6 atom stereocenters. The number of non-ortho nitro benzene ring substituents is 1. The number of phenols is 1. The summed E-state index contributed by atoms with van der Waals surface area (Å²) in [6.45, 7) is 0. The zero-order valence-electron chi connectivity index (χ0n) is 30.7. The maximum absolute atomic E-state index is 15.4. The minimum Gasteiger partial charge on any atom is -0.502 e. The van der Waals surface area contributed by atoms with Crippen molar-refractivity contribution in [3.8, 4) is 17.2 Å². The van der Waals surface area contributed by atoms with Crippen LogP contribution < -0.4 is 19.8 Å². The van der Waals surface area contributed by atoms with Crippen LogP contribution in [0, 0.1) is 33.8 Å². The summed E-state index contributed by atoms with van der Waals surface area (Å²) in [5.74, 6) is -9.32. The number of halogens is 5. The van der Waals surface area contributed by atoms with Gasteiger partial charge in [0.1, 0.15) is 0 Å². The molecule has 1 aromatic heterocycles. The highest BCUT2D eigenvalue weighted by molar-refractivity contribution is 6.33. The first-order valence-corrected chi connectivity index (χ1v) is 18.7. The second kappa shape index (κ2) is 14.3. The van der Waals surface area contributed by atoms with Crippen LogP contribution in [0.2, 0.25) is 10.0 Å². The van der Waals surface area contributed by atoms with Gasteiger partial charge in [0.15, 0.2) is 17.3 Å². The Balaban J connectivity index is 1.33. The standard InChI is InChI=1S/C40H30Cl2F3N5O9/c1-58-29-12-18(13-30(59-2)33(29)51)32-24-10-11-25-31(37(54)48(35(25)52)22-4-3-5-23(15-22)50(56)57)26(24)16-27-36(53)49(38(55)39(27,32)19-6-8-21(41)9-7-19)47-34-28(42)14-20(17-46-34)40(43,44)45/h3-10,12-15,17,25-27,31-32,51H,11,16H2,1-2H3,(H,46,47)/t25-,26+,27-,31-,32-,39+/m0/s1. The number of phenolic OH excluding ortho intramolecular Hbond substituents is 1. The fraction of sp³-hybridized carbons (Fsp3) is 0.275. The number of carbonyl (C=O) groups is 4. The molecule has 3 aromatic carbocycles. The van der Waals surface area contributed by atoms with Crippen molar-refractivity contribution >= 4 is 64.0 Å². The van der Waals surface area contributed by atoms with E-state index in [-0.39, 0.29) is 41.5 Å². The summed E-state index contributed by atoms with van der Waals surface area (Å²) in [5.41, 5.74) is 0.236. The van der Waals surface area contributed by atoms with Crippen LogP contribution >= 0.6 is 23.2 Å². The lowest BCUT2D eigenvalue weighted by Gasteiger charge is -2.50. The SMILES string of the molecule is COc1cc([C@H]2C3=CC[C@@H]4C(=O)N(c5cccc([N+](=O)[O-])c5)C(=O)[C@@H]4[C@@H]3C[C@H]3C(=O)N(Nc4ncc(C(F)(F)F)cc4Cl)C(=O)[C@@]23c2ccc(Cl)cc2)cc(OC)c1O. The van der Waals surface area contributed by atoms with Gasteiger partial charge in [0.05, 0.1) is 58.6 Å². The number of hydrazine groups is 1. The number of nitro groups is 1. The Morgan fingerprint density at radius 1 is 0.949 bits per heavy atom. The van der Waals surface area contributed by atoms with Crippen LogP contribution in [0.3, 0.4) is 0 Å². The molecule has 1 saturated carbocycles. The fourth-order valence-corrected chi connectivity index (χ4v) is 9.57. The van der Waals surface area contributed by atoms with Crippen molar-refractivity contribution in [2.75, 3.05) is 24.5 Å². The number of benzene rings is 3. The first kappa shape index (κ1) is 39.6. The minimum atomic E-state index is -4.80. The van der Waals surface area contributed by atoms with Crippen LogP contribution in [0.4, 0.5) is 30.4 Å². The molecule has 0 unspecified atom stereocenters. The fourth-order valence-electron chi connectivity index (χ4n) is 9.24. The molecular weight excluding hydrogens is 822 g/mol. The Hall–Kier alpha value is -6.20. The predicted octanol–water partition coefficient (Wildman–Crippen LogP) is 7.23. The van der Waals surface area contributed by atoms with E-state index in [0.29, 0.717) is 39.0 Å². The predicted molar refractivity (Wildman–Crippen MR) is 204 cm³/mol. The number of hydrogen-bond acceptors (Lipinski definition) is 11. The molecule has 14 nitrogen and oxygen atoms in total. The molecule has 0 bridgehead atoms. The van der Waals surface area contributed by atoms with Gasteiger partial charge in [-0.05, 0) is 66.3 Å². The number of pyridine rings is 1. The molecule has 304 valence electrons. The molecule has 4 aromatic rings. The van der Waals surface area contributed by atoms with Crippen LogP contribution in [0.1, 0.15) is 35.4 Å². The molecule has 8 rings (SSSR count). The molecule has 4 aliphatic rings. The van der Waals surface area contributed by atoms with Gasteiger partial charge in [-0.3, -0.25) is 34.7 Å². The number of alkyl halides is 3. The second-order valence-electron chi connectivity index (χ2n) is 14.5. The van der Waals surface area contributed by atoms with E-state index in [1.807, 2.05) is 0 Å². The number of nitro benzene ring substituents is 1. The van der Waals surface area contributed by atoms with E-state index < -0.39 is 86.1 Å². The first-order chi connectivity index (χ1) is 28.0. The molecule has 3 fully saturated rings. The number of methoxy groups -OCH3 is 2. The van der Waals surface area contributed by atoms with E-state index >= 15 is 4.79 Å². The number of nitrogens with zero attached hydrogens (tertiary/aromatic N) is 4. The lowest BCUT2D eigenvalue weighted by Crippen LogP contribution is -2.53. The number of rotatable bonds is 8. The summed E-state index contributed by atoms with van der Waals surface area (Å²) in [5, 5.41) is 23.0. The number of nitrogens with one attached hydrogen (secondary N) is 1. The highest BCUT2D eigenvalue weighted by Gasteiger charge is 2.70. The topological polar surface area (TPSA) is 182 Å².